The molecule has 0 saturated carbocycles. The lowest BCUT2D eigenvalue weighted by atomic mass is 10.0. The van der Waals surface area contributed by atoms with Crippen LogP contribution in [0.4, 0.5) is 0 Å². The Labute approximate surface area is 131 Å². The van der Waals surface area contributed by atoms with Crippen LogP contribution in [0.3, 0.4) is 0 Å². The standard InChI is InChI=1S/C16H23ClN4/c1-4-8-19-14(13-6-9-18-10-7-13)11-15-16(17)12(3)20-21(15)5-2/h6-7,9-10,14,19H,4-5,8,11H2,1-3H3. The van der Waals surface area contributed by atoms with Gasteiger partial charge in [0.2, 0.25) is 0 Å². The molecule has 0 spiro atoms. The van der Waals surface area contributed by atoms with E-state index in [0.29, 0.717) is 0 Å². The Morgan fingerprint density at radius 2 is 2.00 bits per heavy atom. The molecule has 0 aliphatic rings. The van der Waals surface area contributed by atoms with Crippen molar-refractivity contribution in [2.75, 3.05) is 6.54 Å². The van der Waals surface area contributed by atoms with Crippen LogP contribution in [0.5, 0.6) is 0 Å². The summed E-state index contributed by atoms with van der Waals surface area (Å²) in [5, 5.41) is 8.88. The minimum Gasteiger partial charge on any atom is -0.310 e. The first kappa shape index (κ1) is 16.0. The minimum absolute atomic E-state index is 0.229. The lowest BCUT2D eigenvalue weighted by molar-refractivity contribution is 0.502. The number of aryl methyl sites for hydroxylation is 2. The number of nitrogens with one attached hydrogen (secondary N) is 1. The van der Waals surface area contributed by atoms with Gasteiger partial charge in [-0.3, -0.25) is 9.67 Å². The molecule has 2 aromatic rings. The highest BCUT2D eigenvalue weighted by Gasteiger charge is 2.18. The second-order valence-electron chi connectivity index (χ2n) is 5.15. The zero-order valence-corrected chi connectivity index (χ0v) is 13.7. The number of pyridine rings is 1. The summed E-state index contributed by atoms with van der Waals surface area (Å²) in [6.07, 6.45) is 5.60. The van der Waals surface area contributed by atoms with Crippen LogP contribution < -0.4 is 5.32 Å². The SMILES string of the molecule is CCCNC(Cc1c(Cl)c(C)nn1CC)c1ccncc1. The highest BCUT2D eigenvalue weighted by atomic mass is 35.5. The Kier molecular flexibility index (Phi) is 5.76. The number of hydrogen-bond donors (Lipinski definition) is 1. The Morgan fingerprint density at radius 1 is 1.29 bits per heavy atom. The van der Waals surface area contributed by atoms with E-state index in [2.05, 4.69) is 41.4 Å². The highest BCUT2D eigenvalue weighted by Crippen LogP contribution is 2.26. The molecule has 0 fully saturated rings. The van der Waals surface area contributed by atoms with Gasteiger partial charge in [-0.05, 0) is 44.5 Å². The monoisotopic (exact) mass is 306 g/mol. The van der Waals surface area contributed by atoms with Crippen LogP contribution in [0.1, 0.15) is 43.3 Å². The smallest absolute Gasteiger partial charge is 0.0847 e. The molecule has 4 nitrogen and oxygen atoms in total. The van der Waals surface area contributed by atoms with Crippen molar-refractivity contribution in [3.05, 3.63) is 46.5 Å². The van der Waals surface area contributed by atoms with E-state index in [1.807, 2.05) is 24.0 Å². The van der Waals surface area contributed by atoms with Gasteiger partial charge in [-0.1, -0.05) is 18.5 Å². The third-order valence-corrected chi connectivity index (χ3v) is 4.09. The second-order valence-corrected chi connectivity index (χ2v) is 5.53. The molecule has 0 radical (unpaired) electrons. The highest BCUT2D eigenvalue weighted by molar-refractivity contribution is 6.31. The lowest BCUT2D eigenvalue weighted by Gasteiger charge is -2.19. The number of hydrogen-bond acceptors (Lipinski definition) is 3. The van der Waals surface area contributed by atoms with E-state index in [9.17, 15) is 0 Å². The Hall–Kier alpha value is -1.39. The molecular weight excluding hydrogens is 284 g/mol. The molecule has 5 heteroatoms. The van der Waals surface area contributed by atoms with Crippen molar-refractivity contribution in [3.8, 4) is 0 Å². The van der Waals surface area contributed by atoms with Crippen LogP contribution in [-0.2, 0) is 13.0 Å². The normalized spacial score (nSPS) is 12.6. The van der Waals surface area contributed by atoms with Crippen molar-refractivity contribution in [2.45, 2.75) is 46.2 Å². The van der Waals surface area contributed by atoms with E-state index in [-0.39, 0.29) is 6.04 Å². The zero-order chi connectivity index (χ0) is 15.2. The lowest BCUT2D eigenvalue weighted by Crippen LogP contribution is -2.25. The molecule has 2 heterocycles. The predicted octanol–water partition coefficient (Wildman–Crippen LogP) is 3.54. The summed E-state index contributed by atoms with van der Waals surface area (Å²) in [6, 6.07) is 4.34. The maximum Gasteiger partial charge on any atom is 0.0847 e. The summed E-state index contributed by atoms with van der Waals surface area (Å²) in [5.74, 6) is 0. The first-order valence-electron chi connectivity index (χ1n) is 7.52. The number of nitrogens with zero attached hydrogens (tertiary/aromatic N) is 3. The van der Waals surface area contributed by atoms with E-state index in [4.69, 9.17) is 11.6 Å². The van der Waals surface area contributed by atoms with Gasteiger partial charge >= 0.3 is 0 Å². The average Bonchev–Trinajstić information content (AvgIpc) is 2.79. The van der Waals surface area contributed by atoms with Crippen LogP contribution in [0, 0.1) is 6.92 Å². The van der Waals surface area contributed by atoms with E-state index in [0.717, 1.165) is 42.3 Å². The third-order valence-electron chi connectivity index (χ3n) is 3.60. The topological polar surface area (TPSA) is 42.7 Å². The van der Waals surface area contributed by atoms with Gasteiger partial charge < -0.3 is 5.32 Å². The molecule has 0 bridgehead atoms. The maximum atomic E-state index is 6.43. The fourth-order valence-corrected chi connectivity index (χ4v) is 2.69. The molecule has 2 aromatic heterocycles. The van der Waals surface area contributed by atoms with Gasteiger partial charge in [0.25, 0.3) is 0 Å². The maximum absolute atomic E-state index is 6.43. The quantitative estimate of drug-likeness (QED) is 0.851. The van der Waals surface area contributed by atoms with Crippen LogP contribution in [0.15, 0.2) is 24.5 Å². The van der Waals surface area contributed by atoms with E-state index in [1.54, 1.807) is 0 Å². The summed E-state index contributed by atoms with van der Waals surface area (Å²) in [5.41, 5.74) is 3.23. The van der Waals surface area contributed by atoms with Gasteiger partial charge in [0.1, 0.15) is 0 Å². The molecule has 1 N–H and O–H groups in total. The van der Waals surface area contributed by atoms with Gasteiger partial charge in [-0.15, -0.1) is 0 Å². The molecule has 21 heavy (non-hydrogen) atoms. The molecule has 0 aliphatic heterocycles. The first-order chi connectivity index (χ1) is 10.2. The summed E-state index contributed by atoms with van der Waals surface area (Å²) >= 11 is 6.43. The summed E-state index contributed by atoms with van der Waals surface area (Å²) < 4.78 is 2.00. The predicted molar refractivity (Wildman–Crippen MR) is 86.6 cm³/mol. The van der Waals surface area contributed by atoms with Crippen LogP contribution in [0.25, 0.3) is 0 Å². The second kappa shape index (κ2) is 7.57. The van der Waals surface area contributed by atoms with Crippen LogP contribution in [-0.4, -0.2) is 21.3 Å². The van der Waals surface area contributed by atoms with Gasteiger partial charge in [0.15, 0.2) is 0 Å². The molecule has 0 aromatic carbocycles. The number of rotatable bonds is 7. The number of aromatic nitrogens is 3. The van der Waals surface area contributed by atoms with Crippen molar-refractivity contribution in [1.82, 2.24) is 20.1 Å². The largest absolute Gasteiger partial charge is 0.310 e. The van der Waals surface area contributed by atoms with Crippen molar-refractivity contribution < 1.29 is 0 Å². The van der Waals surface area contributed by atoms with Gasteiger partial charge in [0.05, 0.1) is 16.4 Å². The van der Waals surface area contributed by atoms with Crippen molar-refractivity contribution in [2.24, 2.45) is 0 Å². The molecule has 0 aliphatic carbocycles. The first-order valence-corrected chi connectivity index (χ1v) is 7.90. The molecule has 0 saturated heterocycles. The van der Waals surface area contributed by atoms with Crippen LogP contribution in [0.2, 0.25) is 5.02 Å². The fourth-order valence-electron chi connectivity index (χ4n) is 2.48. The Bertz CT molecular complexity index is 565. The molecule has 114 valence electrons. The van der Waals surface area contributed by atoms with Crippen molar-refractivity contribution in [3.63, 3.8) is 0 Å². The molecular formula is C16H23ClN4. The van der Waals surface area contributed by atoms with E-state index >= 15 is 0 Å². The molecule has 1 atom stereocenters. The fraction of sp³-hybridized carbons (Fsp3) is 0.500. The Balaban J connectivity index is 2.27. The Morgan fingerprint density at radius 3 is 2.62 bits per heavy atom. The van der Waals surface area contributed by atoms with Gasteiger partial charge in [0, 0.05) is 31.4 Å². The average molecular weight is 307 g/mol. The van der Waals surface area contributed by atoms with Crippen LogP contribution >= 0.6 is 11.6 Å². The summed E-state index contributed by atoms with van der Waals surface area (Å²) in [4.78, 5) is 4.10. The minimum atomic E-state index is 0.229. The van der Waals surface area contributed by atoms with Crippen molar-refractivity contribution >= 4 is 11.6 Å². The molecule has 1 unspecified atom stereocenters. The van der Waals surface area contributed by atoms with E-state index < -0.39 is 0 Å². The van der Waals surface area contributed by atoms with Crippen molar-refractivity contribution in [1.29, 1.82) is 0 Å². The van der Waals surface area contributed by atoms with E-state index in [1.165, 1.54) is 5.56 Å². The van der Waals surface area contributed by atoms with Gasteiger partial charge in [-0.25, -0.2) is 0 Å². The molecule has 2 rings (SSSR count). The number of halogens is 1. The zero-order valence-electron chi connectivity index (χ0n) is 12.9. The van der Waals surface area contributed by atoms with Gasteiger partial charge in [-0.2, -0.15) is 5.10 Å². The molecule has 0 amide bonds. The third kappa shape index (κ3) is 3.83. The summed E-state index contributed by atoms with van der Waals surface area (Å²) in [6.45, 7) is 8.03. The summed E-state index contributed by atoms with van der Waals surface area (Å²) in [7, 11) is 0.